The Morgan fingerprint density at radius 1 is 1.30 bits per heavy atom. The molecule has 2 aromatic rings. The Labute approximate surface area is 114 Å². The van der Waals surface area contributed by atoms with Gasteiger partial charge in [0.15, 0.2) is 0 Å². The average Bonchev–Trinajstić information content (AvgIpc) is 2.39. The van der Waals surface area contributed by atoms with Gasteiger partial charge in [0.2, 0.25) is 5.91 Å². The molecule has 1 fully saturated rings. The van der Waals surface area contributed by atoms with Gasteiger partial charge in [0.1, 0.15) is 6.54 Å². The zero-order valence-electron chi connectivity index (χ0n) is 11.1. The summed E-state index contributed by atoms with van der Waals surface area (Å²) in [6, 6.07) is 6.79. The highest BCUT2D eigenvalue weighted by molar-refractivity contribution is 5.81. The molecule has 1 aliphatic rings. The van der Waals surface area contributed by atoms with Crippen molar-refractivity contribution in [3.8, 4) is 0 Å². The number of aromatic amines is 1. The standard InChI is InChI=1S/C14H15N3O3/c1-9-6-16(7-9)12(18)8-17-11-5-3-2-4-10(11)13(19)15-14(17)20/h2-5,9H,6-8H2,1H3,(H,15,19,20). The molecule has 104 valence electrons. The van der Waals surface area contributed by atoms with E-state index in [1.54, 1.807) is 29.2 Å². The number of carbonyl (C=O) groups excluding carboxylic acids is 1. The Morgan fingerprint density at radius 2 is 2.00 bits per heavy atom. The number of hydrogen-bond acceptors (Lipinski definition) is 3. The highest BCUT2D eigenvalue weighted by Gasteiger charge is 2.27. The first-order valence-electron chi connectivity index (χ1n) is 6.56. The van der Waals surface area contributed by atoms with Gasteiger partial charge in [-0.25, -0.2) is 4.79 Å². The van der Waals surface area contributed by atoms with Gasteiger partial charge in [-0.1, -0.05) is 19.1 Å². The van der Waals surface area contributed by atoms with Crippen LogP contribution in [0.2, 0.25) is 0 Å². The summed E-state index contributed by atoms with van der Waals surface area (Å²) in [6.45, 7) is 3.50. The lowest BCUT2D eigenvalue weighted by Crippen LogP contribution is -2.50. The van der Waals surface area contributed by atoms with E-state index in [0.29, 0.717) is 16.8 Å². The molecule has 0 aliphatic carbocycles. The average molecular weight is 273 g/mol. The molecule has 1 aliphatic heterocycles. The van der Waals surface area contributed by atoms with Crippen LogP contribution in [-0.2, 0) is 11.3 Å². The van der Waals surface area contributed by atoms with Crippen LogP contribution in [-0.4, -0.2) is 33.4 Å². The van der Waals surface area contributed by atoms with Gasteiger partial charge in [0.25, 0.3) is 5.56 Å². The Morgan fingerprint density at radius 3 is 2.70 bits per heavy atom. The zero-order chi connectivity index (χ0) is 14.3. The molecule has 0 spiro atoms. The predicted octanol–water partition coefficient (Wildman–Crippen LogP) is 0.168. The smallest absolute Gasteiger partial charge is 0.329 e. The lowest BCUT2D eigenvalue weighted by molar-refractivity contribution is -0.137. The highest BCUT2D eigenvalue weighted by atomic mass is 16.2. The topological polar surface area (TPSA) is 75.2 Å². The third-order valence-electron chi connectivity index (χ3n) is 3.62. The largest absolute Gasteiger partial charge is 0.340 e. The van der Waals surface area contributed by atoms with Crippen molar-refractivity contribution in [2.75, 3.05) is 13.1 Å². The molecule has 1 amide bonds. The van der Waals surface area contributed by atoms with Crippen molar-refractivity contribution in [3.05, 3.63) is 45.1 Å². The first-order valence-corrected chi connectivity index (χ1v) is 6.56. The number of aromatic nitrogens is 2. The van der Waals surface area contributed by atoms with Crippen LogP contribution >= 0.6 is 0 Å². The van der Waals surface area contributed by atoms with Crippen LogP contribution < -0.4 is 11.2 Å². The van der Waals surface area contributed by atoms with Crippen LogP contribution in [0.1, 0.15) is 6.92 Å². The molecule has 0 unspecified atom stereocenters. The summed E-state index contributed by atoms with van der Waals surface area (Å²) in [5.41, 5.74) is -0.481. The van der Waals surface area contributed by atoms with E-state index >= 15 is 0 Å². The first kappa shape index (κ1) is 12.7. The molecule has 0 atom stereocenters. The van der Waals surface area contributed by atoms with Crippen LogP contribution in [0.5, 0.6) is 0 Å². The fourth-order valence-corrected chi connectivity index (χ4v) is 2.54. The van der Waals surface area contributed by atoms with E-state index in [1.165, 1.54) is 4.57 Å². The Bertz CT molecular complexity index is 784. The number of amides is 1. The van der Waals surface area contributed by atoms with Crippen molar-refractivity contribution in [3.63, 3.8) is 0 Å². The Balaban J connectivity index is 2.01. The molecule has 0 radical (unpaired) electrons. The number of carbonyl (C=O) groups is 1. The van der Waals surface area contributed by atoms with Crippen LogP contribution in [0.25, 0.3) is 10.9 Å². The first-order chi connectivity index (χ1) is 9.56. The summed E-state index contributed by atoms with van der Waals surface area (Å²) in [7, 11) is 0. The van der Waals surface area contributed by atoms with Gasteiger partial charge < -0.3 is 4.90 Å². The molecule has 0 saturated carbocycles. The van der Waals surface area contributed by atoms with Crippen molar-refractivity contribution in [2.24, 2.45) is 5.92 Å². The van der Waals surface area contributed by atoms with E-state index in [0.717, 1.165) is 13.1 Å². The number of hydrogen-bond donors (Lipinski definition) is 1. The number of para-hydroxylation sites is 1. The molecular weight excluding hydrogens is 258 g/mol. The minimum Gasteiger partial charge on any atom is -0.340 e. The summed E-state index contributed by atoms with van der Waals surface area (Å²) in [4.78, 5) is 39.7. The maximum Gasteiger partial charge on any atom is 0.329 e. The van der Waals surface area contributed by atoms with Gasteiger partial charge in [0, 0.05) is 13.1 Å². The quantitative estimate of drug-likeness (QED) is 0.847. The molecule has 20 heavy (non-hydrogen) atoms. The molecule has 6 heteroatoms. The lowest BCUT2D eigenvalue weighted by Gasteiger charge is -2.37. The molecule has 2 heterocycles. The van der Waals surface area contributed by atoms with Gasteiger partial charge in [-0.2, -0.15) is 0 Å². The summed E-state index contributed by atoms with van der Waals surface area (Å²) < 4.78 is 1.32. The van der Waals surface area contributed by atoms with Crippen molar-refractivity contribution in [1.82, 2.24) is 14.5 Å². The van der Waals surface area contributed by atoms with Gasteiger partial charge in [-0.05, 0) is 18.1 Å². The van der Waals surface area contributed by atoms with Crippen LogP contribution in [0.3, 0.4) is 0 Å². The van der Waals surface area contributed by atoms with Crippen molar-refractivity contribution in [2.45, 2.75) is 13.5 Å². The van der Waals surface area contributed by atoms with Crippen molar-refractivity contribution in [1.29, 1.82) is 0 Å². The second-order valence-electron chi connectivity index (χ2n) is 5.27. The molecule has 1 saturated heterocycles. The Kier molecular flexibility index (Phi) is 2.93. The fourth-order valence-electron chi connectivity index (χ4n) is 2.54. The second-order valence-corrected chi connectivity index (χ2v) is 5.27. The van der Waals surface area contributed by atoms with E-state index in [1.807, 2.05) is 0 Å². The molecule has 3 rings (SSSR count). The second kappa shape index (κ2) is 4.63. The lowest BCUT2D eigenvalue weighted by atomic mass is 10.0. The summed E-state index contributed by atoms with van der Waals surface area (Å²) in [6.07, 6.45) is 0. The number of rotatable bonds is 2. The third kappa shape index (κ3) is 2.03. The van der Waals surface area contributed by atoms with Gasteiger partial charge in [0.05, 0.1) is 10.9 Å². The van der Waals surface area contributed by atoms with Crippen molar-refractivity contribution >= 4 is 16.8 Å². The predicted molar refractivity (Wildman–Crippen MR) is 74.6 cm³/mol. The number of nitrogens with zero attached hydrogens (tertiary/aromatic N) is 2. The third-order valence-corrected chi connectivity index (χ3v) is 3.62. The molecule has 1 N–H and O–H groups in total. The molecule has 6 nitrogen and oxygen atoms in total. The fraction of sp³-hybridized carbons (Fsp3) is 0.357. The monoisotopic (exact) mass is 273 g/mol. The molecule has 0 bridgehead atoms. The van der Waals surface area contributed by atoms with Crippen LogP contribution in [0.4, 0.5) is 0 Å². The van der Waals surface area contributed by atoms with Crippen molar-refractivity contribution < 1.29 is 4.79 Å². The maximum absolute atomic E-state index is 12.1. The van der Waals surface area contributed by atoms with E-state index in [-0.39, 0.29) is 12.5 Å². The summed E-state index contributed by atoms with van der Waals surface area (Å²) in [5, 5.41) is 0.414. The minimum absolute atomic E-state index is 0.0388. The number of likely N-dealkylation sites (tertiary alicyclic amines) is 1. The van der Waals surface area contributed by atoms with E-state index < -0.39 is 11.2 Å². The van der Waals surface area contributed by atoms with E-state index in [4.69, 9.17) is 0 Å². The summed E-state index contributed by atoms with van der Waals surface area (Å²) in [5.74, 6) is 0.422. The number of fused-ring (bicyclic) bond motifs is 1. The molecular formula is C14H15N3O3. The van der Waals surface area contributed by atoms with Gasteiger partial charge >= 0.3 is 5.69 Å². The summed E-state index contributed by atoms with van der Waals surface area (Å²) >= 11 is 0. The van der Waals surface area contributed by atoms with E-state index in [9.17, 15) is 14.4 Å². The van der Waals surface area contributed by atoms with E-state index in [2.05, 4.69) is 11.9 Å². The highest BCUT2D eigenvalue weighted by Crippen LogP contribution is 2.15. The normalized spacial score (nSPS) is 15.3. The Hall–Kier alpha value is -2.37. The number of H-pyrrole nitrogens is 1. The minimum atomic E-state index is -0.546. The molecule has 1 aromatic heterocycles. The SMILES string of the molecule is CC1CN(C(=O)Cn2c(=O)[nH]c(=O)c3ccccc32)C1. The van der Waals surface area contributed by atoms with Gasteiger partial charge in [-0.15, -0.1) is 0 Å². The van der Waals surface area contributed by atoms with Crippen LogP contribution in [0.15, 0.2) is 33.9 Å². The maximum atomic E-state index is 12.1. The van der Waals surface area contributed by atoms with Crippen LogP contribution in [0, 0.1) is 5.92 Å². The number of nitrogens with one attached hydrogen (secondary N) is 1. The molecule has 1 aromatic carbocycles. The van der Waals surface area contributed by atoms with Gasteiger partial charge in [-0.3, -0.25) is 19.1 Å². The number of benzene rings is 1. The zero-order valence-corrected chi connectivity index (χ0v) is 11.1.